The van der Waals surface area contributed by atoms with Crippen molar-refractivity contribution in [3.8, 4) is 0 Å². The zero-order valence-corrected chi connectivity index (χ0v) is 12.5. The van der Waals surface area contributed by atoms with Crippen molar-refractivity contribution in [3.05, 3.63) is 0 Å². The molecule has 0 spiro atoms. The van der Waals surface area contributed by atoms with E-state index in [4.69, 9.17) is 9.84 Å². The SMILES string of the molecule is CCOC(=O)N1CCN(C(=O)NCCC(C)C(=O)O)CC1. The Labute approximate surface area is 124 Å². The van der Waals surface area contributed by atoms with Crippen molar-refractivity contribution >= 4 is 18.1 Å². The quantitative estimate of drug-likeness (QED) is 0.774. The smallest absolute Gasteiger partial charge is 0.409 e. The summed E-state index contributed by atoms with van der Waals surface area (Å²) in [6, 6.07) is -0.226. The fourth-order valence-corrected chi connectivity index (χ4v) is 1.94. The van der Waals surface area contributed by atoms with Crippen LogP contribution >= 0.6 is 0 Å². The van der Waals surface area contributed by atoms with Crippen LogP contribution < -0.4 is 5.32 Å². The Balaban J connectivity index is 2.26. The second kappa shape index (κ2) is 8.33. The Bertz CT molecular complexity index is 380. The molecular formula is C13H23N3O5. The van der Waals surface area contributed by atoms with Crippen LogP contribution in [-0.2, 0) is 9.53 Å². The molecule has 1 heterocycles. The maximum Gasteiger partial charge on any atom is 0.409 e. The van der Waals surface area contributed by atoms with Gasteiger partial charge in [0.05, 0.1) is 12.5 Å². The number of nitrogens with one attached hydrogen (secondary N) is 1. The van der Waals surface area contributed by atoms with Gasteiger partial charge >= 0.3 is 18.1 Å². The highest BCUT2D eigenvalue weighted by Gasteiger charge is 2.24. The van der Waals surface area contributed by atoms with Gasteiger partial charge in [-0.2, -0.15) is 0 Å². The Hall–Kier alpha value is -1.99. The lowest BCUT2D eigenvalue weighted by Gasteiger charge is -2.34. The summed E-state index contributed by atoms with van der Waals surface area (Å²) in [7, 11) is 0. The van der Waals surface area contributed by atoms with E-state index in [2.05, 4.69) is 5.32 Å². The first-order valence-electron chi connectivity index (χ1n) is 7.13. The average molecular weight is 301 g/mol. The van der Waals surface area contributed by atoms with Crippen molar-refractivity contribution in [1.29, 1.82) is 0 Å². The number of carboxylic acid groups (broad SMARTS) is 1. The number of urea groups is 1. The number of hydrogen-bond donors (Lipinski definition) is 2. The number of amides is 3. The van der Waals surface area contributed by atoms with Crippen LogP contribution in [0.15, 0.2) is 0 Å². The molecular weight excluding hydrogens is 278 g/mol. The highest BCUT2D eigenvalue weighted by molar-refractivity contribution is 5.75. The maximum absolute atomic E-state index is 11.9. The van der Waals surface area contributed by atoms with Gasteiger partial charge in [-0.15, -0.1) is 0 Å². The van der Waals surface area contributed by atoms with Crippen molar-refractivity contribution in [2.45, 2.75) is 20.3 Å². The van der Waals surface area contributed by atoms with E-state index < -0.39 is 11.9 Å². The van der Waals surface area contributed by atoms with Crippen LogP contribution in [0.1, 0.15) is 20.3 Å². The number of nitrogens with zero attached hydrogens (tertiary/aromatic N) is 2. The molecule has 0 aromatic heterocycles. The van der Waals surface area contributed by atoms with Gasteiger partial charge in [-0.3, -0.25) is 4.79 Å². The Morgan fingerprint density at radius 3 is 2.29 bits per heavy atom. The number of hydrogen-bond acceptors (Lipinski definition) is 4. The predicted molar refractivity (Wildman–Crippen MR) is 75.0 cm³/mol. The summed E-state index contributed by atoms with van der Waals surface area (Å²) in [5.74, 6) is -1.35. The number of carbonyl (C=O) groups is 3. The Kier molecular flexibility index (Phi) is 6.77. The molecule has 1 unspecified atom stereocenters. The molecule has 1 saturated heterocycles. The molecule has 0 radical (unpaired) electrons. The summed E-state index contributed by atoms with van der Waals surface area (Å²) < 4.78 is 4.90. The van der Waals surface area contributed by atoms with Crippen molar-refractivity contribution in [2.24, 2.45) is 5.92 Å². The molecule has 21 heavy (non-hydrogen) atoms. The van der Waals surface area contributed by atoms with E-state index >= 15 is 0 Å². The Morgan fingerprint density at radius 2 is 1.76 bits per heavy atom. The second-order valence-corrected chi connectivity index (χ2v) is 4.93. The van der Waals surface area contributed by atoms with Crippen molar-refractivity contribution in [2.75, 3.05) is 39.3 Å². The van der Waals surface area contributed by atoms with E-state index in [0.29, 0.717) is 45.8 Å². The fourth-order valence-electron chi connectivity index (χ4n) is 1.94. The summed E-state index contributed by atoms with van der Waals surface area (Å²) in [6.07, 6.45) is 0.0389. The van der Waals surface area contributed by atoms with Crippen LogP contribution in [-0.4, -0.2) is 72.3 Å². The van der Waals surface area contributed by atoms with Gasteiger partial charge < -0.3 is 25.0 Å². The molecule has 1 rings (SSSR count). The molecule has 0 aromatic rings. The monoisotopic (exact) mass is 301 g/mol. The van der Waals surface area contributed by atoms with Crippen LogP contribution in [0, 0.1) is 5.92 Å². The number of carbonyl (C=O) groups excluding carboxylic acids is 2. The molecule has 1 aliphatic heterocycles. The van der Waals surface area contributed by atoms with Gasteiger partial charge in [0, 0.05) is 32.7 Å². The van der Waals surface area contributed by atoms with E-state index in [-0.39, 0.29) is 12.1 Å². The molecule has 0 aromatic carbocycles. The molecule has 1 aliphatic rings. The van der Waals surface area contributed by atoms with E-state index in [1.165, 1.54) is 0 Å². The van der Waals surface area contributed by atoms with Crippen LogP contribution in [0.4, 0.5) is 9.59 Å². The highest BCUT2D eigenvalue weighted by Crippen LogP contribution is 2.05. The Morgan fingerprint density at radius 1 is 1.19 bits per heavy atom. The maximum atomic E-state index is 11.9. The van der Waals surface area contributed by atoms with Crippen LogP contribution in [0.25, 0.3) is 0 Å². The molecule has 1 atom stereocenters. The number of aliphatic carboxylic acids is 1. The van der Waals surface area contributed by atoms with Gasteiger partial charge in [0.15, 0.2) is 0 Å². The van der Waals surface area contributed by atoms with Gasteiger partial charge in [-0.1, -0.05) is 6.92 Å². The first-order chi connectivity index (χ1) is 9.95. The number of piperazine rings is 1. The van der Waals surface area contributed by atoms with Crippen LogP contribution in [0.5, 0.6) is 0 Å². The number of carboxylic acids is 1. The molecule has 0 bridgehead atoms. The summed E-state index contributed by atoms with van der Waals surface area (Å²) in [4.78, 5) is 37.2. The third kappa shape index (κ3) is 5.49. The third-order valence-corrected chi connectivity index (χ3v) is 3.37. The van der Waals surface area contributed by atoms with Gasteiger partial charge in [-0.25, -0.2) is 9.59 Å². The first-order valence-corrected chi connectivity index (χ1v) is 7.13. The van der Waals surface area contributed by atoms with Gasteiger partial charge in [0.1, 0.15) is 0 Å². The largest absolute Gasteiger partial charge is 0.481 e. The summed E-state index contributed by atoms with van der Waals surface area (Å²) >= 11 is 0. The minimum absolute atomic E-state index is 0.226. The first kappa shape index (κ1) is 17.1. The molecule has 2 N–H and O–H groups in total. The van der Waals surface area contributed by atoms with E-state index in [9.17, 15) is 14.4 Å². The topological polar surface area (TPSA) is 99.2 Å². The number of rotatable bonds is 5. The molecule has 0 saturated carbocycles. The molecule has 120 valence electrons. The lowest BCUT2D eigenvalue weighted by molar-refractivity contribution is -0.141. The summed E-state index contributed by atoms with van der Waals surface area (Å²) in [5, 5.41) is 11.4. The molecule has 8 nitrogen and oxygen atoms in total. The third-order valence-electron chi connectivity index (χ3n) is 3.37. The summed E-state index contributed by atoms with van der Waals surface area (Å²) in [6.45, 7) is 5.78. The zero-order valence-electron chi connectivity index (χ0n) is 12.5. The van der Waals surface area contributed by atoms with Gasteiger partial charge in [-0.05, 0) is 13.3 Å². The van der Waals surface area contributed by atoms with Gasteiger partial charge in [0.2, 0.25) is 0 Å². The highest BCUT2D eigenvalue weighted by atomic mass is 16.6. The van der Waals surface area contributed by atoms with Crippen LogP contribution in [0.2, 0.25) is 0 Å². The standard InChI is InChI=1S/C13H23N3O5/c1-3-21-13(20)16-8-6-15(7-9-16)12(19)14-5-4-10(2)11(17)18/h10H,3-9H2,1-2H3,(H,14,19)(H,17,18). The summed E-state index contributed by atoms with van der Waals surface area (Å²) in [5.41, 5.74) is 0. The van der Waals surface area contributed by atoms with Crippen LogP contribution in [0.3, 0.4) is 0 Å². The van der Waals surface area contributed by atoms with E-state index in [1.807, 2.05) is 0 Å². The lowest BCUT2D eigenvalue weighted by Crippen LogP contribution is -2.53. The van der Waals surface area contributed by atoms with Crippen molar-refractivity contribution in [3.63, 3.8) is 0 Å². The zero-order chi connectivity index (χ0) is 15.8. The minimum atomic E-state index is -0.868. The molecule has 1 fully saturated rings. The minimum Gasteiger partial charge on any atom is -0.481 e. The normalized spacial score (nSPS) is 16.3. The average Bonchev–Trinajstić information content (AvgIpc) is 2.47. The molecule has 0 aliphatic carbocycles. The van der Waals surface area contributed by atoms with E-state index in [1.54, 1.807) is 23.6 Å². The predicted octanol–water partition coefficient (Wildman–Crippen LogP) is 0.581. The lowest BCUT2D eigenvalue weighted by atomic mass is 10.1. The number of ether oxygens (including phenoxy) is 1. The van der Waals surface area contributed by atoms with Crippen molar-refractivity contribution in [1.82, 2.24) is 15.1 Å². The van der Waals surface area contributed by atoms with Gasteiger partial charge in [0.25, 0.3) is 0 Å². The second-order valence-electron chi connectivity index (χ2n) is 4.93. The van der Waals surface area contributed by atoms with E-state index in [0.717, 1.165) is 0 Å². The molecule has 3 amide bonds. The van der Waals surface area contributed by atoms with Crippen molar-refractivity contribution < 1.29 is 24.2 Å². The molecule has 8 heteroatoms. The fraction of sp³-hybridized carbons (Fsp3) is 0.769.